The lowest BCUT2D eigenvalue weighted by molar-refractivity contribution is -0.123. The van der Waals surface area contributed by atoms with Gasteiger partial charge >= 0.3 is 0 Å². The Labute approximate surface area is 189 Å². The van der Waals surface area contributed by atoms with E-state index in [0.29, 0.717) is 24.4 Å². The second-order valence-corrected chi connectivity index (χ2v) is 9.60. The Balaban J connectivity index is 3.48. The second kappa shape index (κ2) is 23.0. The summed E-state index contributed by atoms with van der Waals surface area (Å²) in [5.41, 5.74) is 0. The molecule has 0 aromatic heterocycles. The molecule has 0 aromatic rings. The summed E-state index contributed by atoms with van der Waals surface area (Å²) in [7, 11) is 0. The maximum absolute atomic E-state index is 12.3. The Morgan fingerprint density at radius 2 is 0.867 bits per heavy atom. The van der Waals surface area contributed by atoms with Crippen molar-refractivity contribution in [1.82, 2.24) is 0 Å². The monoisotopic (exact) mass is 422 g/mol. The van der Waals surface area contributed by atoms with Gasteiger partial charge in [-0.2, -0.15) is 0 Å². The van der Waals surface area contributed by atoms with Crippen LogP contribution >= 0.6 is 0 Å². The van der Waals surface area contributed by atoms with Crippen LogP contribution in [0.5, 0.6) is 0 Å². The second-order valence-electron chi connectivity index (χ2n) is 9.60. The van der Waals surface area contributed by atoms with Crippen molar-refractivity contribution in [1.29, 1.82) is 0 Å². The van der Waals surface area contributed by atoms with Crippen LogP contribution in [0.1, 0.15) is 162 Å². The van der Waals surface area contributed by atoms with E-state index in [-0.39, 0.29) is 5.92 Å². The lowest BCUT2D eigenvalue weighted by Crippen LogP contribution is -2.12. The van der Waals surface area contributed by atoms with Crippen molar-refractivity contribution >= 4 is 11.6 Å². The van der Waals surface area contributed by atoms with Gasteiger partial charge < -0.3 is 0 Å². The minimum Gasteiger partial charge on any atom is -0.300 e. The minimum atomic E-state index is 0.0612. The predicted octanol–water partition coefficient (Wildman–Crippen LogP) is 9.38. The molecule has 0 bridgehead atoms. The van der Waals surface area contributed by atoms with Crippen LogP contribution in [0.3, 0.4) is 0 Å². The minimum absolute atomic E-state index is 0.0612. The van der Waals surface area contributed by atoms with Crippen LogP contribution in [0.4, 0.5) is 0 Å². The molecule has 0 saturated heterocycles. The molecule has 2 nitrogen and oxygen atoms in total. The fourth-order valence-corrected chi connectivity index (χ4v) is 4.15. The molecule has 178 valence electrons. The van der Waals surface area contributed by atoms with E-state index in [2.05, 4.69) is 13.8 Å². The highest BCUT2D eigenvalue weighted by atomic mass is 16.1. The molecule has 1 atom stereocenters. The highest BCUT2D eigenvalue weighted by molar-refractivity contribution is 5.82. The molecule has 30 heavy (non-hydrogen) atoms. The van der Waals surface area contributed by atoms with Gasteiger partial charge in [0, 0.05) is 25.2 Å². The third-order valence-corrected chi connectivity index (χ3v) is 6.49. The van der Waals surface area contributed by atoms with E-state index in [4.69, 9.17) is 0 Å². The summed E-state index contributed by atoms with van der Waals surface area (Å²) >= 11 is 0. The zero-order chi connectivity index (χ0) is 22.3. The molecular formula is C28H54O2. The molecule has 2 heteroatoms. The number of carbonyl (C=O) groups is 2. The van der Waals surface area contributed by atoms with Gasteiger partial charge in [0.05, 0.1) is 0 Å². The number of hydrogen-bond acceptors (Lipinski definition) is 2. The molecule has 0 aliphatic heterocycles. The van der Waals surface area contributed by atoms with Gasteiger partial charge in [0.1, 0.15) is 11.6 Å². The molecule has 0 heterocycles. The van der Waals surface area contributed by atoms with E-state index in [0.717, 1.165) is 25.7 Å². The van der Waals surface area contributed by atoms with Crippen molar-refractivity contribution in [3.8, 4) is 0 Å². The molecule has 0 spiro atoms. The van der Waals surface area contributed by atoms with Crippen LogP contribution in [-0.4, -0.2) is 11.6 Å². The third kappa shape index (κ3) is 20.6. The molecule has 0 fully saturated rings. The van der Waals surface area contributed by atoms with Crippen molar-refractivity contribution in [3.63, 3.8) is 0 Å². The van der Waals surface area contributed by atoms with Gasteiger partial charge in [0.2, 0.25) is 0 Å². The first-order valence-electron chi connectivity index (χ1n) is 13.7. The SMILES string of the molecule is CCCCCCCCCCCC(=O)CCC(C)C(=O)CCCCCCCCCCC. The summed E-state index contributed by atoms with van der Waals surface area (Å²) in [5, 5.41) is 0. The number of ketones is 2. The normalized spacial score (nSPS) is 12.2. The number of rotatable bonds is 24. The van der Waals surface area contributed by atoms with Gasteiger partial charge in [-0.1, -0.05) is 124 Å². The summed E-state index contributed by atoms with van der Waals surface area (Å²) in [6.07, 6.45) is 26.0. The van der Waals surface area contributed by atoms with Gasteiger partial charge in [-0.15, -0.1) is 0 Å². The van der Waals surface area contributed by atoms with Gasteiger partial charge in [0.15, 0.2) is 0 Å². The summed E-state index contributed by atoms with van der Waals surface area (Å²) < 4.78 is 0. The van der Waals surface area contributed by atoms with Gasteiger partial charge in [-0.05, 0) is 19.3 Å². The van der Waals surface area contributed by atoms with Crippen LogP contribution in [-0.2, 0) is 9.59 Å². The fourth-order valence-electron chi connectivity index (χ4n) is 4.15. The topological polar surface area (TPSA) is 34.1 Å². The van der Waals surface area contributed by atoms with E-state index in [9.17, 15) is 9.59 Å². The molecule has 0 saturated carbocycles. The molecule has 0 amide bonds. The number of Topliss-reactive ketones (excluding diaryl/α,β-unsaturated/α-hetero) is 2. The first kappa shape index (κ1) is 29.3. The Kier molecular flexibility index (Phi) is 22.5. The molecule has 0 aliphatic rings. The van der Waals surface area contributed by atoms with Crippen molar-refractivity contribution in [2.45, 2.75) is 162 Å². The number of unbranched alkanes of at least 4 members (excludes halogenated alkanes) is 16. The van der Waals surface area contributed by atoms with E-state index in [1.807, 2.05) is 6.92 Å². The van der Waals surface area contributed by atoms with E-state index < -0.39 is 0 Å². The van der Waals surface area contributed by atoms with E-state index in [1.54, 1.807) is 0 Å². The Morgan fingerprint density at radius 3 is 1.30 bits per heavy atom. The molecule has 0 aliphatic carbocycles. The van der Waals surface area contributed by atoms with Gasteiger partial charge in [0.25, 0.3) is 0 Å². The standard InChI is InChI=1S/C28H54O2/c1-4-6-8-10-12-14-16-18-20-22-27(29)25-24-26(3)28(30)23-21-19-17-15-13-11-9-7-5-2/h26H,4-25H2,1-3H3. The van der Waals surface area contributed by atoms with Gasteiger partial charge in [-0.25, -0.2) is 0 Å². The van der Waals surface area contributed by atoms with Crippen LogP contribution in [0.15, 0.2) is 0 Å². The molecule has 1 unspecified atom stereocenters. The van der Waals surface area contributed by atoms with Crippen LogP contribution < -0.4 is 0 Å². The van der Waals surface area contributed by atoms with Crippen LogP contribution in [0, 0.1) is 5.92 Å². The Hall–Kier alpha value is -0.660. The zero-order valence-corrected chi connectivity index (χ0v) is 21.0. The van der Waals surface area contributed by atoms with Crippen molar-refractivity contribution < 1.29 is 9.59 Å². The number of hydrogen-bond donors (Lipinski definition) is 0. The third-order valence-electron chi connectivity index (χ3n) is 6.49. The first-order valence-corrected chi connectivity index (χ1v) is 13.7. The van der Waals surface area contributed by atoms with E-state index >= 15 is 0 Å². The molecule has 0 aromatic carbocycles. The predicted molar refractivity (Wildman–Crippen MR) is 132 cm³/mol. The molecule has 0 rings (SSSR count). The summed E-state index contributed by atoms with van der Waals surface area (Å²) in [5.74, 6) is 0.792. The Bertz CT molecular complexity index is 388. The van der Waals surface area contributed by atoms with Crippen molar-refractivity contribution in [2.24, 2.45) is 5.92 Å². The highest BCUT2D eigenvalue weighted by Gasteiger charge is 2.14. The first-order chi connectivity index (χ1) is 14.6. The molecule has 0 N–H and O–H groups in total. The fraction of sp³-hybridized carbons (Fsp3) is 0.929. The molecular weight excluding hydrogens is 368 g/mol. The average molecular weight is 423 g/mol. The largest absolute Gasteiger partial charge is 0.300 e. The van der Waals surface area contributed by atoms with Crippen LogP contribution in [0.2, 0.25) is 0 Å². The van der Waals surface area contributed by atoms with Crippen molar-refractivity contribution in [3.05, 3.63) is 0 Å². The maximum atomic E-state index is 12.3. The van der Waals surface area contributed by atoms with E-state index in [1.165, 1.54) is 103 Å². The van der Waals surface area contributed by atoms with Crippen LogP contribution in [0.25, 0.3) is 0 Å². The Morgan fingerprint density at radius 1 is 0.500 bits per heavy atom. The van der Waals surface area contributed by atoms with Crippen molar-refractivity contribution in [2.75, 3.05) is 0 Å². The highest BCUT2D eigenvalue weighted by Crippen LogP contribution is 2.16. The summed E-state index contributed by atoms with van der Waals surface area (Å²) in [6, 6.07) is 0. The zero-order valence-electron chi connectivity index (χ0n) is 21.0. The molecule has 0 radical (unpaired) electrons. The lowest BCUT2D eigenvalue weighted by Gasteiger charge is -2.10. The lowest BCUT2D eigenvalue weighted by atomic mass is 9.94. The average Bonchev–Trinajstić information content (AvgIpc) is 2.75. The summed E-state index contributed by atoms with van der Waals surface area (Å²) in [6.45, 7) is 6.53. The number of carbonyl (C=O) groups excluding carboxylic acids is 2. The summed E-state index contributed by atoms with van der Waals surface area (Å²) in [4.78, 5) is 24.4. The smallest absolute Gasteiger partial charge is 0.135 e. The maximum Gasteiger partial charge on any atom is 0.135 e. The quantitative estimate of drug-likeness (QED) is 0.145. The van der Waals surface area contributed by atoms with Gasteiger partial charge in [-0.3, -0.25) is 9.59 Å².